The van der Waals surface area contributed by atoms with Gasteiger partial charge in [-0.2, -0.15) is 0 Å². The van der Waals surface area contributed by atoms with Gasteiger partial charge in [-0.15, -0.1) is 0 Å². The summed E-state index contributed by atoms with van der Waals surface area (Å²) in [6.45, 7) is 5.21. The molecule has 3 aromatic rings. The SMILES string of the molecule is Cc1c(-c2ccc(NC(=O)NC34CC5CC(CC(C5)C3)C4)cc2)nc2n1CCc1ccccc1C2OC1CCN(C)CC1. The zero-order valence-electron chi connectivity index (χ0n) is 25.6. The van der Waals surface area contributed by atoms with Crippen molar-refractivity contribution in [1.82, 2.24) is 19.8 Å². The average Bonchev–Trinajstić information content (AvgIpc) is 3.22. The maximum Gasteiger partial charge on any atom is 0.319 e. The number of rotatable bonds is 5. The molecule has 226 valence electrons. The van der Waals surface area contributed by atoms with E-state index in [-0.39, 0.29) is 23.8 Å². The van der Waals surface area contributed by atoms with E-state index in [1.165, 1.54) is 36.1 Å². The van der Waals surface area contributed by atoms with E-state index in [9.17, 15) is 4.79 Å². The lowest BCUT2D eigenvalue weighted by Gasteiger charge is -2.56. The fourth-order valence-corrected chi connectivity index (χ4v) is 9.53. The molecule has 2 aromatic carbocycles. The molecule has 1 aromatic heterocycles. The number of likely N-dealkylation sites (tertiary alicyclic amines) is 1. The van der Waals surface area contributed by atoms with Crippen LogP contribution in [-0.4, -0.2) is 52.3 Å². The number of benzene rings is 2. The third-order valence-corrected chi connectivity index (χ3v) is 11.3. The van der Waals surface area contributed by atoms with Gasteiger partial charge in [0.15, 0.2) is 0 Å². The molecule has 3 heterocycles. The molecule has 1 unspecified atom stereocenters. The highest BCUT2D eigenvalue weighted by Gasteiger charge is 2.51. The van der Waals surface area contributed by atoms with Crippen LogP contribution in [0.1, 0.15) is 80.1 Å². The number of nitrogens with one attached hydrogen (secondary N) is 2. The third kappa shape index (κ3) is 5.18. The Balaban J connectivity index is 1.01. The minimum absolute atomic E-state index is 0.00881. The molecule has 2 aliphatic heterocycles. The minimum Gasteiger partial charge on any atom is -0.362 e. The molecule has 0 radical (unpaired) electrons. The molecule has 4 bridgehead atoms. The quantitative estimate of drug-likeness (QED) is 0.353. The minimum atomic E-state index is -0.172. The number of ether oxygens (including phenoxy) is 1. The number of fused-ring (bicyclic) bond motifs is 2. The first-order valence-electron chi connectivity index (χ1n) is 16.6. The number of urea groups is 1. The number of piperidine rings is 1. The summed E-state index contributed by atoms with van der Waals surface area (Å²) in [5, 5.41) is 6.57. The van der Waals surface area contributed by atoms with Crippen molar-refractivity contribution in [1.29, 1.82) is 0 Å². The molecule has 7 nitrogen and oxygen atoms in total. The molecular formula is C36H45N5O2. The van der Waals surface area contributed by atoms with Crippen molar-refractivity contribution in [2.75, 3.05) is 25.5 Å². The number of aryl methyl sites for hydroxylation is 1. The second-order valence-electron chi connectivity index (χ2n) is 14.4. The molecule has 7 heteroatoms. The molecule has 4 aliphatic carbocycles. The van der Waals surface area contributed by atoms with Gasteiger partial charge >= 0.3 is 6.03 Å². The molecule has 2 amide bonds. The van der Waals surface area contributed by atoms with Gasteiger partial charge < -0.3 is 24.8 Å². The Morgan fingerprint density at radius 2 is 1.60 bits per heavy atom. The van der Waals surface area contributed by atoms with Gasteiger partial charge in [0.2, 0.25) is 0 Å². The number of aromatic nitrogens is 2. The van der Waals surface area contributed by atoms with Gasteiger partial charge in [-0.3, -0.25) is 0 Å². The fraction of sp³-hybridized carbons (Fsp3) is 0.556. The summed E-state index contributed by atoms with van der Waals surface area (Å²) in [5.74, 6) is 3.43. The highest BCUT2D eigenvalue weighted by molar-refractivity contribution is 5.90. The molecule has 1 saturated heterocycles. The molecule has 5 fully saturated rings. The van der Waals surface area contributed by atoms with Crippen molar-refractivity contribution < 1.29 is 9.53 Å². The van der Waals surface area contributed by atoms with E-state index in [1.54, 1.807) is 0 Å². The van der Waals surface area contributed by atoms with E-state index in [0.717, 1.165) is 98.7 Å². The predicted molar refractivity (Wildman–Crippen MR) is 169 cm³/mol. The smallest absolute Gasteiger partial charge is 0.319 e. The Morgan fingerprint density at radius 3 is 2.30 bits per heavy atom. The summed E-state index contributed by atoms with van der Waals surface area (Å²) in [5.41, 5.74) is 6.67. The molecule has 43 heavy (non-hydrogen) atoms. The number of carbonyl (C=O) groups is 1. The summed E-state index contributed by atoms with van der Waals surface area (Å²) in [4.78, 5) is 20.8. The van der Waals surface area contributed by atoms with Crippen molar-refractivity contribution in [3.8, 4) is 11.3 Å². The van der Waals surface area contributed by atoms with Crippen LogP contribution in [-0.2, 0) is 17.7 Å². The lowest BCUT2D eigenvalue weighted by atomic mass is 9.53. The van der Waals surface area contributed by atoms with Crippen molar-refractivity contribution in [3.05, 3.63) is 71.2 Å². The fourth-order valence-electron chi connectivity index (χ4n) is 9.53. The molecule has 2 N–H and O–H groups in total. The monoisotopic (exact) mass is 579 g/mol. The summed E-state index contributed by atoms with van der Waals surface area (Å²) in [6, 6.07) is 16.9. The van der Waals surface area contributed by atoms with Gasteiger partial charge in [0.1, 0.15) is 11.9 Å². The largest absolute Gasteiger partial charge is 0.362 e. The lowest BCUT2D eigenvalue weighted by Crippen LogP contribution is -2.60. The van der Waals surface area contributed by atoms with Gasteiger partial charge in [0, 0.05) is 42.1 Å². The van der Waals surface area contributed by atoms with E-state index in [4.69, 9.17) is 9.72 Å². The molecule has 1 atom stereocenters. The summed E-state index contributed by atoms with van der Waals surface area (Å²) in [7, 11) is 2.19. The number of amides is 2. The van der Waals surface area contributed by atoms with Crippen LogP contribution < -0.4 is 10.6 Å². The van der Waals surface area contributed by atoms with Crippen LogP contribution in [0.4, 0.5) is 10.5 Å². The second-order valence-corrected chi connectivity index (χ2v) is 14.4. The Bertz CT molecular complexity index is 1470. The topological polar surface area (TPSA) is 71.4 Å². The van der Waals surface area contributed by atoms with Gasteiger partial charge in [0.05, 0.1) is 11.8 Å². The van der Waals surface area contributed by atoms with Crippen LogP contribution in [0.2, 0.25) is 0 Å². The van der Waals surface area contributed by atoms with Gasteiger partial charge in [-0.05, 0) is 113 Å². The van der Waals surface area contributed by atoms with Crippen LogP contribution in [0.25, 0.3) is 11.3 Å². The van der Waals surface area contributed by atoms with Crippen molar-refractivity contribution in [2.24, 2.45) is 17.8 Å². The molecule has 6 aliphatic rings. The van der Waals surface area contributed by atoms with E-state index >= 15 is 0 Å². The standard InChI is InChI=1S/C36H45N5O2/c1-23-32(28-7-9-29(10-8-28)37-35(42)39-36-20-24-17-25(21-36)19-26(18-24)22-36)38-34-33(43-30-12-14-40(2)15-13-30)31-6-4-3-5-27(31)11-16-41(23)34/h3-10,24-26,30,33H,11-22H2,1-2H3,(H2,37,39,42). The van der Waals surface area contributed by atoms with Crippen molar-refractivity contribution in [3.63, 3.8) is 0 Å². The van der Waals surface area contributed by atoms with E-state index < -0.39 is 0 Å². The number of carbonyl (C=O) groups excluding carboxylic acids is 1. The van der Waals surface area contributed by atoms with Gasteiger partial charge in [-0.25, -0.2) is 9.78 Å². The molecule has 0 spiro atoms. The summed E-state index contributed by atoms with van der Waals surface area (Å²) >= 11 is 0. The van der Waals surface area contributed by atoms with Crippen LogP contribution in [0.15, 0.2) is 48.5 Å². The maximum atomic E-state index is 13.1. The number of anilines is 1. The summed E-state index contributed by atoms with van der Waals surface area (Å²) in [6.07, 6.45) is 10.7. The Labute approximate surface area is 255 Å². The van der Waals surface area contributed by atoms with Crippen LogP contribution >= 0.6 is 0 Å². The normalized spacial score (nSPS) is 30.0. The first-order valence-corrected chi connectivity index (χ1v) is 16.6. The van der Waals surface area contributed by atoms with Crippen LogP contribution in [0.3, 0.4) is 0 Å². The van der Waals surface area contributed by atoms with E-state index in [1.807, 2.05) is 12.1 Å². The third-order valence-electron chi connectivity index (χ3n) is 11.3. The van der Waals surface area contributed by atoms with Gasteiger partial charge in [0.25, 0.3) is 0 Å². The highest BCUT2D eigenvalue weighted by Crippen LogP contribution is 2.55. The number of hydrogen-bond acceptors (Lipinski definition) is 4. The Kier molecular flexibility index (Phi) is 6.86. The van der Waals surface area contributed by atoms with E-state index in [0.29, 0.717) is 0 Å². The first-order chi connectivity index (χ1) is 20.9. The molecule has 4 saturated carbocycles. The highest BCUT2D eigenvalue weighted by atomic mass is 16.5. The number of nitrogens with zero attached hydrogens (tertiary/aromatic N) is 3. The maximum absolute atomic E-state index is 13.1. The van der Waals surface area contributed by atoms with Gasteiger partial charge in [-0.1, -0.05) is 36.4 Å². The lowest BCUT2D eigenvalue weighted by molar-refractivity contribution is -0.0276. The Hall–Kier alpha value is -3.16. The molecule has 9 rings (SSSR count). The molecular weight excluding hydrogens is 534 g/mol. The zero-order valence-corrected chi connectivity index (χ0v) is 25.6. The van der Waals surface area contributed by atoms with Crippen LogP contribution in [0, 0.1) is 24.7 Å². The number of hydrogen-bond donors (Lipinski definition) is 2. The van der Waals surface area contributed by atoms with Crippen molar-refractivity contribution in [2.45, 2.75) is 89.0 Å². The van der Waals surface area contributed by atoms with Crippen molar-refractivity contribution >= 4 is 11.7 Å². The summed E-state index contributed by atoms with van der Waals surface area (Å²) < 4.78 is 9.29. The van der Waals surface area contributed by atoms with Crippen LogP contribution in [0.5, 0.6) is 0 Å². The first kappa shape index (κ1) is 27.4. The Morgan fingerprint density at radius 1 is 0.930 bits per heavy atom. The predicted octanol–water partition coefficient (Wildman–Crippen LogP) is 6.71. The van der Waals surface area contributed by atoms with E-state index in [2.05, 4.69) is 70.5 Å². The average molecular weight is 580 g/mol. The zero-order chi connectivity index (χ0) is 29.1. The second kappa shape index (κ2) is 10.8. The number of imidazole rings is 1.